The summed E-state index contributed by atoms with van der Waals surface area (Å²) in [5, 5.41) is 44.8. The van der Waals surface area contributed by atoms with Crippen LogP contribution in [0.1, 0.15) is 161 Å². The lowest BCUT2D eigenvalue weighted by atomic mass is 9.86. The highest BCUT2D eigenvalue weighted by Crippen LogP contribution is 2.36. The Morgan fingerprint density at radius 2 is 0.795 bits per heavy atom. The van der Waals surface area contributed by atoms with Gasteiger partial charge in [-0.2, -0.15) is 0 Å². The van der Waals surface area contributed by atoms with E-state index in [1.54, 1.807) is 0 Å². The number of aliphatic hydroxyl groups is 1. The van der Waals surface area contributed by atoms with E-state index in [-0.39, 0.29) is 50.8 Å². The third kappa shape index (κ3) is 30.2. The van der Waals surface area contributed by atoms with E-state index in [1.807, 2.05) is 244 Å². The number of hydrogen-bond donors (Lipinski definition) is 1. The molecule has 0 amide bonds. The fraction of sp³-hybridized carbons (Fsp3) is 0.394. The van der Waals surface area contributed by atoms with Crippen molar-refractivity contribution in [3.63, 3.8) is 0 Å². The van der Waals surface area contributed by atoms with Gasteiger partial charge >= 0.3 is 24.0 Å². The van der Waals surface area contributed by atoms with E-state index >= 15 is 0 Å². The molecule has 0 unspecified atom stereocenters. The first kappa shape index (κ1) is 77.5. The number of nitro groups is 2. The molecule has 0 spiro atoms. The number of nitrogens with zero attached hydrogens (tertiary/aromatic N) is 3. The van der Waals surface area contributed by atoms with Crippen LogP contribution in [0, 0.1) is 38.9 Å². The third-order valence-electron chi connectivity index (χ3n) is 12.1. The molecule has 6 rings (SSSR count). The zero-order valence-electron chi connectivity index (χ0n) is 52.2. The summed E-state index contributed by atoms with van der Waals surface area (Å²) < 4.78 is 28.1. The monoisotopic (exact) mass is 1210 g/mol. The number of aliphatic hydroxyl groups excluding tert-OH is 1. The molecule has 0 aliphatic carbocycles. The second-order valence-electron chi connectivity index (χ2n) is 22.8. The van der Waals surface area contributed by atoms with Gasteiger partial charge in [0.05, 0.1) is 10.5 Å². The molecule has 88 heavy (non-hydrogen) atoms. The van der Waals surface area contributed by atoms with Crippen molar-refractivity contribution >= 4 is 23.5 Å². The summed E-state index contributed by atoms with van der Waals surface area (Å²) in [5.74, 6) is -0.659. The summed E-state index contributed by atoms with van der Waals surface area (Å²) in [5.41, 5.74) is 1.57. The third-order valence-corrected chi connectivity index (χ3v) is 12.1. The molecular weight excluding hydrogens is 1120 g/mol. The fourth-order valence-electron chi connectivity index (χ4n) is 8.49. The van der Waals surface area contributed by atoms with Crippen LogP contribution in [0.3, 0.4) is 0 Å². The van der Waals surface area contributed by atoms with Crippen molar-refractivity contribution in [3.8, 4) is 6.07 Å². The number of carbonyl (C=O) groups is 3. The van der Waals surface area contributed by atoms with Crippen molar-refractivity contribution in [2.24, 2.45) is 0 Å². The van der Waals surface area contributed by atoms with Crippen LogP contribution < -0.4 is 0 Å². The summed E-state index contributed by atoms with van der Waals surface area (Å²) in [6.07, 6.45) is 5.88. The lowest BCUT2D eigenvalue weighted by molar-refractivity contribution is -0.501. The molecule has 1 N–H and O–H groups in total. The lowest BCUT2D eigenvalue weighted by Crippen LogP contribution is -2.39. The summed E-state index contributed by atoms with van der Waals surface area (Å²) in [7, 11) is 0. The van der Waals surface area contributed by atoms with E-state index in [0.717, 1.165) is 39.6 Å². The van der Waals surface area contributed by atoms with Gasteiger partial charge in [0.25, 0.3) is 5.60 Å². The molecule has 0 aromatic heterocycles. The van der Waals surface area contributed by atoms with E-state index in [2.05, 4.69) is 11.1 Å². The van der Waals surface area contributed by atoms with Crippen molar-refractivity contribution in [2.45, 2.75) is 156 Å². The van der Waals surface area contributed by atoms with E-state index in [0.29, 0.717) is 76.6 Å². The second-order valence-corrected chi connectivity index (χ2v) is 22.8. The Morgan fingerprint density at radius 3 is 1.09 bits per heavy atom. The smallest absolute Gasteiger partial charge is 0.344 e. The molecule has 0 bridgehead atoms. The number of unbranched alkanes of at least 4 members (excludes halogenated alkanes) is 3. The van der Waals surface area contributed by atoms with Crippen LogP contribution >= 0.6 is 0 Å². The standard InChI is InChI=1S/C23H29NO5.C23H27NO4.C14H11NO2.C9H18O3.CH4.CH3/c1-22(2,3)29-21(25)16-10-11-17-28-23(18-24(26)27,19-12-6-4-7-13-19)20-14-8-5-9-15-20;1-22(2,3)28-21(25)16-10-11-17-27-23(18-24-26,19-12-6-4-7-13-19)20-14-8-5-9-15-20;16-15(17)11-14(12-7-3-1-4-8-12)13-9-5-2-6-10-13;1-9(2,3)12-8(11)6-4-5-7-10;;/h4-9,12-15H,10-11,16-18H2,1-3H3;4-9,12-15H,10-11,16-17H2,1-3H3;1-11H;10H,4-7H2,1-3H3;1H4;1H3/q;;;;;-1. The Morgan fingerprint density at radius 1 is 0.489 bits per heavy atom. The van der Waals surface area contributed by atoms with Crippen molar-refractivity contribution in [1.82, 2.24) is 0 Å². The van der Waals surface area contributed by atoms with Crippen LogP contribution in [0.15, 0.2) is 188 Å². The van der Waals surface area contributed by atoms with Crippen LogP contribution in [0.2, 0.25) is 0 Å². The van der Waals surface area contributed by atoms with Gasteiger partial charge in [0.2, 0.25) is 12.7 Å². The molecule has 0 aliphatic heterocycles. The predicted molar refractivity (Wildman–Crippen MR) is 348 cm³/mol. The number of benzene rings is 6. The predicted octanol–water partition coefficient (Wildman–Crippen LogP) is 16.0. The van der Waals surface area contributed by atoms with Crippen molar-refractivity contribution < 1.29 is 53.0 Å². The number of esters is 3. The van der Waals surface area contributed by atoms with Gasteiger partial charge in [-0.1, -0.05) is 189 Å². The molecule has 0 saturated carbocycles. The quantitative estimate of drug-likeness (QED) is 0.0140. The summed E-state index contributed by atoms with van der Waals surface area (Å²) in [4.78, 5) is 56.2. The maximum absolute atomic E-state index is 11.9. The SMILES string of the molecule is C.CC(C)(C)OC(=O)CCCCO.CC(C)(C)OC(=O)CCCCOC(C#[N+][O-])(c1ccccc1)c1ccccc1.CC(C)(C)OC(=O)CCCCOC(C[N+](=O)[O-])(c1ccccc1)c1ccccc1.O=[N+]([O-])C=C(c1ccccc1)c1ccccc1.[CH3-]. The van der Waals surface area contributed by atoms with Crippen LogP contribution in [0.4, 0.5) is 0 Å². The second kappa shape index (κ2) is 40.0. The average Bonchev–Trinajstić information content (AvgIpc) is 2.51. The molecule has 0 radical (unpaired) electrons. The highest BCUT2D eigenvalue weighted by Gasteiger charge is 2.42. The van der Waals surface area contributed by atoms with Gasteiger partial charge in [0.1, 0.15) is 16.8 Å². The molecule has 0 heterocycles. The zero-order valence-corrected chi connectivity index (χ0v) is 52.2. The maximum atomic E-state index is 11.9. The van der Waals surface area contributed by atoms with Crippen LogP contribution in [0.25, 0.3) is 10.6 Å². The molecule has 0 fully saturated rings. The van der Waals surface area contributed by atoms with Crippen molar-refractivity contribution in [1.29, 1.82) is 0 Å². The fourth-order valence-corrected chi connectivity index (χ4v) is 8.49. The minimum absolute atomic E-state index is 0. The Labute approximate surface area is 521 Å². The van der Waals surface area contributed by atoms with E-state index in [4.69, 9.17) is 28.8 Å². The highest BCUT2D eigenvalue weighted by atomic mass is 16.6. The van der Waals surface area contributed by atoms with Gasteiger partial charge in [-0.05, 0) is 123 Å². The molecule has 6 aromatic carbocycles. The Bertz CT molecular complexity index is 2900. The van der Waals surface area contributed by atoms with Gasteiger partial charge in [-0.3, -0.25) is 34.6 Å². The maximum Gasteiger partial charge on any atom is 0.344 e. The van der Waals surface area contributed by atoms with Crippen molar-refractivity contribution in [2.75, 3.05) is 26.4 Å². The van der Waals surface area contributed by atoms with Crippen molar-refractivity contribution in [3.05, 3.63) is 259 Å². The summed E-state index contributed by atoms with van der Waals surface area (Å²) in [6.45, 7) is 17.0. The molecular formula is C71H92N3O14-. The van der Waals surface area contributed by atoms with Gasteiger partial charge in [-0.25, -0.2) is 0 Å². The number of hydrogen-bond acceptors (Lipinski definition) is 14. The normalized spacial score (nSPS) is 10.9. The van der Waals surface area contributed by atoms with Crippen LogP contribution in [-0.4, -0.2) is 76.0 Å². The van der Waals surface area contributed by atoms with Gasteiger partial charge in [0.15, 0.2) is 5.60 Å². The molecule has 17 nitrogen and oxygen atoms in total. The minimum Gasteiger partial charge on any atom is -0.498 e. The Kier molecular flexibility index (Phi) is 35.2. The molecule has 6 aromatic rings. The number of rotatable bonds is 25. The lowest BCUT2D eigenvalue weighted by Gasteiger charge is -2.31. The van der Waals surface area contributed by atoms with Gasteiger partial charge < -0.3 is 41.4 Å². The summed E-state index contributed by atoms with van der Waals surface area (Å²) in [6, 6.07) is 58.6. The number of carbonyl (C=O) groups excluding carboxylic acids is 3. The minimum atomic E-state index is -1.18. The van der Waals surface area contributed by atoms with Gasteiger partial charge in [-0.15, -0.1) is 0 Å². The van der Waals surface area contributed by atoms with E-state index < -0.39 is 32.9 Å². The summed E-state index contributed by atoms with van der Waals surface area (Å²) >= 11 is 0. The largest absolute Gasteiger partial charge is 0.498 e. The van der Waals surface area contributed by atoms with E-state index in [1.165, 1.54) is 0 Å². The molecule has 17 heteroatoms. The first-order valence-corrected chi connectivity index (χ1v) is 28.8. The molecule has 0 saturated heterocycles. The van der Waals surface area contributed by atoms with E-state index in [9.17, 15) is 39.8 Å². The first-order chi connectivity index (χ1) is 40.8. The molecule has 0 atom stereocenters. The van der Waals surface area contributed by atoms with Gasteiger partial charge in [0, 0.05) is 60.1 Å². The first-order valence-electron chi connectivity index (χ1n) is 28.8. The topological polar surface area (TPSA) is 231 Å². The highest BCUT2D eigenvalue weighted by molar-refractivity contribution is 5.79. The molecule has 0 aliphatic rings. The van der Waals surface area contributed by atoms with Crippen LogP contribution in [-0.2, 0) is 49.3 Å². The molecule has 476 valence electrons. The van der Waals surface area contributed by atoms with Crippen LogP contribution in [0.5, 0.6) is 0 Å². The Hall–Kier alpha value is -8.56. The zero-order chi connectivity index (χ0) is 63.5. The average molecular weight is 1210 g/mol. The number of ether oxygens (including phenoxy) is 5. The Balaban J connectivity index is 0.000000612.